The predicted molar refractivity (Wildman–Crippen MR) is 72.1 cm³/mol. The number of rotatable bonds is 5. The van der Waals surface area contributed by atoms with Gasteiger partial charge in [0, 0.05) is 11.6 Å². The average Bonchev–Trinajstić information content (AvgIpc) is 2.36. The van der Waals surface area contributed by atoms with Crippen LogP contribution >= 0.6 is 0 Å². The van der Waals surface area contributed by atoms with Crippen molar-refractivity contribution in [2.75, 3.05) is 7.11 Å². The van der Waals surface area contributed by atoms with Crippen molar-refractivity contribution in [2.24, 2.45) is 5.92 Å². The highest BCUT2D eigenvalue weighted by Gasteiger charge is 2.25. The number of nitrogens with zero attached hydrogens (tertiary/aromatic N) is 1. The van der Waals surface area contributed by atoms with E-state index in [1.54, 1.807) is 19.1 Å². The van der Waals surface area contributed by atoms with E-state index >= 15 is 0 Å². The molecule has 0 fully saturated rings. The monoisotopic (exact) mass is 265 g/mol. The summed E-state index contributed by atoms with van der Waals surface area (Å²) < 4.78 is 4.63. The van der Waals surface area contributed by atoms with Gasteiger partial charge < -0.3 is 4.74 Å². The van der Waals surface area contributed by atoms with E-state index in [0.717, 1.165) is 12.0 Å². The molecule has 0 radical (unpaired) electrons. The molecule has 0 saturated heterocycles. The second-order valence-electron chi connectivity index (χ2n) is 4.99. The molecule has 0 N–H and O–H groups in total. The Labute approximate surface area is 112 Å². The molecular weight excluding hydrogens is 246 g/mol. The number of methoxy groups -OCH3 is 1. The first-order valence-electron chi connectivity index (χ1n) is 6.21. The van der Waals surface area contributed by atoms with E-state index in [-0.39, 0.29) is 5.69 Å². The largest absolute Gasteiger partial charge is 0.469 e. The van der Waals surface area contributed by atoms with Gasteiger partial charge in [-0.3, -0.25) is 14.9 Å². The maximum absolute atomic E-state index is 11.5. The van der Waals surface area contributed by atoms with Crippen LogP contribution in [0.25, 0.3) is 0 Å². The highest BCUT2D eigenvalue weighted by molar-refractivity contribution is 5.79. The topological polar surface area (TPSA) is 69.4 Å². The molecule has 1 atom stereocenters. The molecule has 0 saturated carbocycles. The fourth-order valence-electron chi connectivity index (χ4n) is 2.02. The van der Waals surface area contributed by atoms with Crippen LogP contribution in [0, 0.1) is 16.0 Å². The molecule has 104 valence electrons. The molecule has 0 aliphatic carbocycles. The summed E-state index contributed by atoms with van der Waals surface area (Å²) in [5, 5.41) is 11.1. The summed E-state index contributed by atoms with van der Waals surface area (Å²) in [7, 11) is 1.28. The molecular formula is C14H19NO4. The molecule has 0 aliphatic heterocycles. The summed E-state index contributed by atoms with van der Waals surface area (Å²) >= 11 is 0. The van der Waals surface area contributed by atoms with Gasteiger partial charge in [0.1, 0.15) is 0 Å². The Morgan fingerprint density at radius 2 is 2.00 bits per heavy atom. The van der Waals surface area contributed by atoms with Gasteiger partial charge in [0.25, 0.3) is 5.69 Å². The maximum atomic E-state index is 11.5. The molecule has 0 aromatic heterocycles. The lowest BCUT2D eigenvalue weighted by Crippen LogP contribution is -2.13. The molecule has 5 heteroatoms. The lowest BCUT2D eigenvalue weighted by atomic mass is 9.95. The van der Waals surface area contributed by atoms with Crippen LogP contribution in [0.3, 0.4) is 0 Å². The van der Waals surface area contributed by atoms with Crippen LogP contribution < -0.4 is 0 Å². The van der Waals surface area contributed by atoms with Crippen molar-refractivity contribution in [3.05, 3.63) is 39.4 Å². The number of carbonyl (C=O) groups is 1. The van der Waals surface area contributed by atoms with Crippen molar-refractivity contribution < 1.29 is 14.5 Å². The first-order chi connectivity index (χ1) is 8.86. The van der Waals surface area contributed by atoms with Crippen molar-refractivity contribution in [1.29, 1.82) is 0 Å². The number of hydrogen-bond donors (Lipinski definition) is 0. The summed E-state index contributed by atoms with van der Waals surface area (Å²) in [4.78, 5) is 22.2. The summed E-state index contributed by atoms with van der Waals surface area (Å²) in [5.74, 6) is -0.693. The number of hydrogen-bond acceptors (Lipinski definition) is 4. The maximum Gasteiger partial charge on any atom is 0.313 e. The fourth-order valence-corrected chi connectivity index (χ4v) is 2.02. The Bertz CT molecular complexity index is 482. The Morgan fingerprint density at radius 1 is 1.37 bits per heavy atom. The van der Waals surface area contributed by atoms with Gasteiger partial charge >= 0.3 is 5.97 Å². The number of nitro groups is 1. The number of carbonyl (C=O) groups excluding carboxylic acids is 1. The van der Waals surface area contributed by atoms with Gasteiger partial charge in [-0.25, -0.2) is 0 Å². The predicted octanol–water partition coefficient (Wildman–Crippen LogP) is 3.07. The Morgan fingerprint density at radius 3 is 2.47 bits per heavy atom. The van der Waals surface area contributed by atoms with Gasteiger partial charge in [-0.2, -0.15) is 0 Å². The normalized spacial score (nSPS) is 12.3. The lowest BCUT2D eigenvalue weighted by Gasteiger charge is -2.12. The third-order valence-corrected chi connectivity index (χ3v) is 2.96. The number of esters is 1. The second kappa shape index (κ2) is 6.31. The first-order valence-corrected chi connectivity index (χ1v) is 6.21. The van der Waals surface area contributed by atoms with E-state index in [4.69, 9.17) is 0 Å². The fraction of sp³-hybridized carbons (Fsp3) is 0.500. The van der Waals surface area contributed by atoms with E-state index in [9.17, 15) is 14.9 Å². The van der Waals surface area contributed by atoms with Gasteiger partial charge in [0.2, 0.25) is 0 Å². The Hall–Kier alpha value is -1.91. The molecule has 0 bridgehead atoms. The molecule has 5 nitrogen and oxygen atoms in total. The quantitative estimate of drug-likeness (QED) is 0.466. The molecule has 19 heavy (non-hydrogen) atoms. The number of ether oxygens (including phenoxy) is 1. The summed E-state index contributed by atoms with van der Waals surface area (Å²) in [5.41, 5.74) is 1.28. The van der Waals surface area contributed by atoms with E-state index < -0.39 is 16.8 Å². The molecule has 0 heterocycles. The van der Waals surface area contributed by atoms with Crippen LogP contribution in [0.4, 0.5) is 5.69 Å². The zero-order valence-electron chi connectivity index (χ0n) is 11.7. The highest BCUT2D eigenvalue weighted by atomic mass is 16.6. The van der Waals surface area contributed by atoms with Crippen molar-refractivity contribution in [3.8, 4) is 0 Å². The van der Waals surface area contributed by atoms with Gasteiger partial charge in [0.15, 0.2) is 0 Å². The van der Waals surface area contributed by atoms with Crippen molar-refractivity contribution in [1.82, 2.24) is 0 Å². The van der Waals surface area contributed by atoms with Crippen molar-refractivity contribution in [3.63, 3.8) is 0 Å². The lowest BCUT2D eigenvalue weighted by molar-refractivity contribution is -0.385. The highest BCUT2D eigenvalue weighted by Crippen LogP contribution is 2.29. The third-order valence-electron chi connectivity index (χ3n) is 2.96. The van der Waals surface area contributed by atoms with Crippen LogP contribution in [0.5, 0.6) is 0 Å². The molecule has 1 aromatic rings. The average molecular weight is 265 g/mol. The minimum absolute atomic E-state index is 0.0175. The minimum atomic E-state index is -0.640. The van der Waals surface area contributed by atoms with Crippen LogP contribution in [0.15, 0.2) is 18.2 Å². The van der Waals surface area contributed by atoms with Gasteiger partial charge in [-0.15, -0.1) is 0 Å². The van der Waals surface area contributed by atoms with Crippen LogP contribution in [0.2, 0.25) is 0 Å². The minimum Gasteiger partial charge on any atom is -0.469 e. The Kier molecular flexibility index (Phi) is 5.03. The second-order valence-corrected chi connectivity index (χ2v) is 4.99. The summed E-state index contributed by atoms with van der Waals surface area (Å²) in [6.45, 7) is 5.71. The van der Waals surface area contributed by atoms with Crippen LogP contribution in [-0.2, 0) is 16.0 Å². The first kappa shape index (κ1) is 15.1. The molecule has 0 aliphatic rings. The van der Waals surface area contributed by atoms with Gasteiger partial charge in [-0.1, -0.05) is 26.0 Å². The standard InChI is InChI=1S/C14H19NO4/c1-9(2)7-11-5-6-12(10(3)14(16)19-4)13(8-11)15(17)18/h5-6,8-10H,7H2,1-4H3. The zero-order chi connectivity index (χ0) is 14.6. The molecule has 0 spiro atoms. The molecule has 1 aromatic carbocycles. The van der Waals surface area contributed by atoms with Gasteiger partial charge in [0.05, 0.1) is 18.0 Å². The summed E-state index contributed by atoms with van der Waals surface area (Å²) in [6, 6.07) is 5.04. The molecule has 0 amide bonds. The number of benzene rings is 1. The SMILES string of the molecule is COC(=O)C(C)c1ccc(CC(C)C)cc1[N+](=O)[O-]. The Balaban J connectivity index is 3.18. The van der Waals surface area contributed by atoms with Crippen LogP contribution in [0.1, 0.15) is 37.8 Å². The zero-order valence-corrected chi connectivity index (χ0v) is 11.7. The van der Waals surface area contributed by atoms with E-state index in [0.29, 0.717) is 11.5 Å². The summed E-state index contributed by atoms with van der Waals surface area (Å²) in [6.07, 6.45) is 0.772. The van der Waals surface area contributed by atoms with Gasteiger partial charge in [-0.05, 0) is 24.8 Å². The van der Waals surface area contributed by atoms with Crippen molar-refractivity contribution in [2.45, 2.75) is 33.1 Å². The van der Waals surface area contributed by atoms with Crippen LogP contribution in [-0.4, -0.2) is 18.0 Å². The molecule has 1 rings (SSSR count). The smallest absolute Gasteiger partial charge is 0.313 e. The third kappa shape index (κ3) is 3.77. The number of nitro benzene ring substituents is 1. The van der Waals surface area contributed by atoms with Crippen molar-refractivity contribution >= 4 is 11.7 Å². The van der Waals surface area contributed by atoms with E-state index in [1.165, 1.54) is 7.11 Å². The van der Waals surface area contributed by atoms with E-state index in [2.05, 4.69) is 18.6 Å². The van der Waals surface area contributed by atoms with E-state index in [1.807, 2.05) is 6.07 Å². The molecule has 1 unspecified atom stereocenters.